The second kappa shape index (κ2) is 9.70. The maximum absolute atomic E-state index is 12.8. The molecule has 4 nitrogen and oxygen atoms in total. The lowest BCUT2D eigenvalue weighted by Crippen LogP contribution is -2.40. The number of aromatic amines is 1. The highest BCUT2D eigenvalue weighted by Gasteiger charge is 2.14. The van der Waals surface area contributed by atoms with Crippen LogP contribution in [-0.4, -0.2) is 21.5 Å². The first-order valence-electron chi connectivity index (χ1n) is 10.2. The van der Waals surface area contributed by atoms with Crippen molar-refractivity contribution >= 4 is 28.2 Å². The van der Waals surface area contributed by atoms with E-state index in [9.17, 15) is 4.79 Å². The molecule has 1 heterocycles. The number of hydrogen-bond acceptors (Lipinski definition) is 2. The number of fused-ring (bicyclic) bond motifs is 1. The van der Waals surface area contributed by atoms with E-state index >= 15 is 0 Å². The molecule has 0 aliphatic rings. The van der Waals surface area contributed by atoms with Crippen LogP contribution in [0.3, 0.4) is 0 Å². The average molecular weight is 408 g/mol. The summed E-state index contributed by atoms with van der Waals surface area (Å²) in [5.74, 6) is 0. The van der Waals surface area contributed by atoms with Crippen molar-refractivity contribution in [2.45, 2.75) is 46.7 Å². The molecular weight excluding hydrogens is 378 g/mol. The Balaban J connectivity index is 1.89. The first kappa shape index (κ1) is 21.1. The minimum absolute atomic E-state index is 0.0600. The molecule has 3 aromatic rings. The van der Waals surface area contributed by atoms with Gasteiger partial charge in [-0.1, -0.05) is 43.7 Å². The molecule has 0 aliphatic heterocycles. The van der Waals surface area contributed by atoms with Crippen LogP contribution < -0.4 is 10.9 Å². The lowest BCUT2D eigenvalue weighted by Gasteiger charge is -2.26. The summed E-state index contributed by atoms with van der Waals surface area (Å²) < 4.78 is 0. The van der Waals surface area contributed by atoms with Crippen molar-refractivity contribution in [3.63, 3.8) is 0 Å². The molecule has 0 saturated carbocycles. The monoisotopic (exact) mass is 407 g/mol. The molecule has 0 aliphatic carbocycles. The third-order valence-electron chi connectivity index (χ3n) is 5.21. The number of benzene rings is 2. The predicted molar refractivity (Wildman–Crippen MR) is 125 cm³/mol. The van der Waals surface area contributed by atoms with Gasteiger partial charge >= 0.3 is 0 Å². The van der Waals surface area contributed by atoms with Gasteiger partial charge in [-0.2, -0.15) is 0 Å². The normalized spacial score (nSPS) is 10.9. The van der Waals surface area contributed by atoms with Crippen LogP contribution in [-0.2, 0) is 13.1 Å². The number of nitrogens with one attached hydrogen (secondary N) is 2. The standard InChI is InChI=1S/C24H29N3OS/c1-4-5-11-25-24(29)27(15-19-9-7-6-8-10-19)16-21-14-20-12-17(2)18(3)13-22(20)26-23(21)28/h6-10,12-14H,4-5,11,15-16H2,1-3H3,(H,25,29)(H,26,28). The third-order valence-corrected chi connectivity index (χ3v) is 5.61. The van der Waals surface area contributed by atoms with E-state index < -0.39 is 0 Å². The molecule has 29 heavy (non-hydrogen) atoms. The molecule has 2 N–H and O–H groups in total. The lowest BCUT2D eigenvalue weighted by molar-refractivity contribution is 0.397. The maximum atomic E-state index is 12.8. The maximum Gasteiger partial charge on any atom is 0.253 e. The second-order valence-corrected chi connectivity index (χ2v) is 7.96. The van der Waals surface area contributed by atoms with Gasteiger partial charge in [-0.05, 0) is 72.8 Å². The van der Waals surface area contributed by atoms with Crippen LogP contribution in [0.5, 0.6) is 0 Å². The van der Waals surface area contributed by atoms with Gasteiger partial charge < -0.3 is 15.2 Å². The molecule has 0 radical (unpaired) electrons. The topological polar surface area (TPSA) is 48.1 Å². The number of aryl methyl sites for hydroxylation is 2. The number of hydrogen-bond donors (Lipinski definition) is 2. The van der Waals surface area contributed by atoms with E-state index in [1.165, 1.54) is 11.1 Å². The number of H-pyrrole nitrogens is 1. The number of rotatable bonds is 7. The Kier molecular flexibility index (Phi) is 7.04. The summed E-state index contributed by atoms with van der Waals surface area (Å²) in [4.78, 5) is 17.9. The average Bonchev–Trinajstić information content (AvgIpc) is 2.70. The number of nitrogens with zero attached hydrogens (tertiary/aromatic N) is 1. The fourth-order valence-electron chi connectivity index (χ4n) is 3.33. The van der Waals surface area contributed by atoms with Crippen molar-refractivity contribution in [2.24, 2.45) is 0 Å². The molecule has 0 bridgehead atoms. The van der Waals surface area contributed by atoms with Crippen LogP contribution in [0.1, 0.15) is 42.0 Å². The Morgan fingerprint density at radius 2 is 1.79 bits per heavy atom. The van der Waals surface area contributed by atoms with Crippen LogP contribution in [0.2, 0.25) is 0 Å². The fraction of sp³-hybridized carbons (Fsp3) is 0.333. The van der Waals surface area contributed by atoms with Gasteiger partial charge in [-0.15, -0.1) is 0 Å². The van der Waals surface area contributed by atoms with Crippen molar-refractivity contribution in [3.8, 4) is 0 Å². The largest absolute Gasteiger partial charge is 0.363 e. The van der Waals surface area contributed by atoms with E-state index in [2.05, 4.69) is 54.2 Å². The fourth-order valence-corrected chi connectivity index (χ4v) is 3.56. The highest BCUT2D eigenvalue weighted by Crippen LogP contribution is 2.18. The summed E-state index contributed by atoms with van der Waals surface area (Å²) in [5.41, 5.74) is 5.09. The Morgan fingerprint density at radius 3 is 2.52 bits per heavy atom. The minimum atomic E-state index is -0.0600. The van der Waals surface area contributed by atoms with Crippen molar-refractivity contribution in [1.29, 1.82) is 0 Å². The highest BCUT2D eigenvalue weighted by molar-refractivity contribution is 7.80. The number of aromatic nitrogens is 1. The van der Waals surface area contributed by atoms with Crippen LogP contribution in [0.25, 0.3) is 10.9 Å². The quantitative estimate of drug-likeness (QED) is 0.435. The summed E-state index contributed by atoms with van der Waals surface area (Å²) in [6, 6.07) is 16.4. The third kappa shape index (κ3) is 5.45. The zero-order chi connectivity index (χ0) is 20.8. The van der Waals surface area contributed by atoms with Gasteiger partial charge in [0, 0.05) is 24.2 Å². The van der Waals surface area contributed by atoms with Crippen LogP contribution >= 0.6 is 12.2 Å². The molecule has 0 amide bonds. The Bertz CT molecular complexity index is 1040. The van der Waals surface area contributed by atoms with Gasteiger partial charge in [0.05, 0.1) is 6.54 Å². The van der Waals surface area contributed by atoms with Gasteiger partial charge in [0.1, 0.15) is 0 Å². The smallest absolute Gasteiger partial charge is 0.253 e. The SMILES string of the molecule is CCCCNC(=S)N(Cc1ccccc1)Cc1cc2cc(C)c(C)cc2[nH]c1=O. The highest BCUT2D eigenvalue weighted by atomic mass is 32.1. The minimum Gasteiger partial charge on any atom is -0.363 e. The van der Waals surface area contributed by atoms with E-state index in [4.69, 9.17) is 12.2 Å². The van der Waals surface area contributed by atoms with Gasteiger partial charge in [0.15, 0.2) is 5.11 Å². The van der Waals surface area contributed by atoms with Gasteiger partial charge in [-0.3, -0.25) is 4.79 Å². The van der Waals surface area contributed by atoms with Crippen LogP contribution in [0, 0.1) is 13.8 Å². The van der Waals surface area contributed by atoms with Crippen molar-refractivity contribution in [2.75, 3.05) is 6.54 Å². The predicted octanol–water partition coefficient (Wildman–Crippen LogP) is 4.82. The zero-order valence-corrected chi connectivity index (χ0v) is 18.2. The van der Waals surface area contributed by atoms with Crippen molar-refractivity contribution < 1.29 is 0 Å². The number of unbranched alkanes of at least 4 members (excludes halogenated alkanes) is 1. The van der Waals surface area contributed by atoms with E-state index in [-0.39, 0.29) is 5.56 Å². The Morgan fingerprint density at radius 1 is 1.07 bits per heavy atom. The summed E-state index contributed by atoms with van der Waals surface area (Å²) in [6.07, 6.45) is 2.17. The first-order chi connectivity index (χ1) is 14.0. The summed E-state index contributed by atoms with van der Waals surface area (Å²) in [5, 5.41) is 5.07. The Hall–Kier alpha value is -2.66. The molecular formula is C24H29N3OS. The van der Waals surface area contributed by atoms with Crippen LogP contribution in [0.4, 0.5) is 0 Å². The van der Waals surface area contributed by atoms with Gasteiger partial charge in [-0.25, -0.2) is 0 Å². The number of pyridine rings is 1. The number of thiocarbonyl (C=S) groups is 1. The van der Waals surface area contributed by atoms with Gasteiger partial charge in [0.2, 0.25) is 0 Å². The molecule has 0 saturated heterocycles. The molecule has 0 unspecified atom stereocenters. The molecule has 152 valence electrons. The van der Waals surface area contributed by atoms with Crippen LogP contribution in [0.15, 0.2) is 53.3 Å². The van der Waals surface area contributed by atoms with Crippen molar-refractivity contribution in [3.05, 3.63) is 81.1 Å². The molecule has 1 aromatic heterocycles. The molecule has 0 atom stereocenters. The molecule has 3 rings (SSSR count). The summed E-state index contributed by atoms with van der Waals surface area (Å²) >= 11 is 5.67. The molecule has 5 heteroatoms. The second-order valence-electron chi connectivity index (χ2n) is 7.57. The molecule has 0 spiro atoms. The zero-order valence-electron chi connectivity index (χ0n) is 17.4. The van der Waals surface area contributed by atoms with E-state index in [0.29, 0.717) is 18.2 Å². The van der Waals surface area contributed by atoms with E-state index in [1.807, 2.05) is 30.3 Å². The van der Waals surface area contributed by atoms with Gasteiger partial charge in [0.25, 0.3) is 5.56 Å². The van der Waals surface area contributed by atoms with Crippen molar-refractivity contribution in [1.82, 2.24) is 15.2 Å². The molecule has 2 aromatic carbocycles. The first-order valence-corrected chi connectivity index (χ1v) is 10.6. The Labute approximate surface area is 178 Å². The molecule has 0 fully saturated rings. The lowest BCUT2D eigenvalue weighted by atomic mass is 10.0. The summed E-state index contributed by atoms with van der Waals surface area (Å²) in [6.45, 7) is 8.27. The summed E-state index contributed by atoms with van der Waals surface area (Å²) in [7, 11) is 0. The van der Waals surface area contributed by atoms with E-state index in [0.717, 1.165) is 41.4 Å². The van der Waals surface area contributed by atoms with E-state index in [1.54, 1.807) is 0 Å².